The molecule has 5 rings (SSSR count). The van der Waals surface area contributed by atoms with Gasteiger partial charge in [-0.1, -0.05) is 46.8 Å². The molecule has 5 saturated carbocycles. The van der Waals surface area contributed by atoms with E-state index in [-0.39, 0.29) is 51.3 Å². The molecule has 36 heavy (non-hydrogen) atoms. The van der Waals surface area contributed by atoms with Crippen LogP contribution in [0.5, 0.6) is 0 Å². The minimum absolute atomic E-state index is 0.0100. The number of carbonyl (C=O) groups excluding carboxylic acids is 1. The summed E-state index contributed by atoms with van der Waals surface area (Å²) in [6, 6.07) is 0. The Balaban J connectivity index is 1.62. The molecule has 11 atom stereocenters. The number of carboxylic acids is 1. The highest BCUT2D eigenvalue weighted by Gasteiger charge is 2.76. The zero-order chi connectivity index (χ0) is 26.6. The fourth-order valence-corrected chi connectivity index (χ4v) is 11.9. The molecule has 0 aromatic carbocycles. The Morgan fingerprint density at radius 1 is 0.889 bits per heavy atom. The molecule has 5 nitrogen and oxygen atoms in total. The van der Waals surface area contributed by atoms with Gasteiger partial charge in [-0.05, 0) is 110 Å². The van der Waals surface area contributed by atoms with Gasteiger partial charge in [0.05, 0.1) is 24.5 Å². The van der Waals surface area contributed by atoms with E-state index in [0.717, 1.165) is 56.9 Å². The number of aliphatic hydroxyl groups excluding tert-OH is 1. The number of carboxylic acid groups (broad SMARTS) is 1. The van der Waals surface area contributed by atoms with E-state index in [9.17, 15) is 19.8 Å². The van der Waals surface area contributed by atoms with Crippen LogP contribution < -0.4 is 0 Å². The predicted octanol–water partition coefficient (Wildman–Crippen LogP) is 6.10. The molecule has 0 radical (unpaired) electrons. The number of methoxy groups -OCH3 is 1. The summed E-state index contributed by atoms with van der Waals surface area (Å²) in [5.74, 6) is -0.125. The monoisotopic (exact) mass is 500 g/mol. The van der Waals surface area contributed by atoms with Gasteiger partial charge in [-0.25, -0.2) is 0 Å². The van der Waals surface area contributed by atoms with Gasteiger partial charge >= 0.3 is 11.9 Å². The Kier molecular flexibility index (Phi) is 5.71. The van der Waals surface area contributed by atoms with Gasteiger partial charge < -0.3 is 14.9 Å². The molecule has 0 aromatic heterocycles. The van der Waals surface area contributed by atoms with E-state index in [0.29, 0.717) is 5.92 Å². The van der Waals surface area contributed by atoms with E-state index in [1.54, 1.807) is 0 Å². The molecule has 2 N–H and O–H groups in total. The van der Waals surface area contributed by atoms with Gasteiger partial charge in [0.25, 0.3) is 0 Å². The Morgan fingerprint density at radius 2 is 1.56 bits per heavy atom. The number of carbonyl (C=O) groups is 2. The quantitative estimate of drug-likeness (QED) is 0.361. The normalized spacial score (nSPS) is 52.9. The summed E-state index contributed by atoms with van der Waals surface area (Å²) in [4.78, 5) is 26.1. The van der Waals surface area contributed by atoms with Crippen molar-refractivity contribution in [2.45, 2.75) is 99.0 Å². The first-order valence-electron chi connectivity index (χ1n) is 14.3. The zero-order valence-electron chi connectivity index (χ0n) is 23.5. The maximum absolute atomic E-state index is 13.2. The van der Waals surface area contributed by atoms with Crippen molar-refractivity contribution in [3.05, 3.63) is 12.2 Å². The van der Waals surface area contributed by atoms with E-state index in [1.165, 1.54) is 7.11 Å². The van der Waals surface area contributed by atoms with Gasteiger partial charge in [-0.15, -0.1) is 0 Å². The van der Waals surface area contributed by atoms with Crippen molar-refractivity contribution in [1.82, 2.24) is 0 Å². The highest BCUT2D eigenvalue weighted by atomic mass is 16.5. The molecule has 5 aliphatic rings. The first-order valence-corrected chi connectivity index (χ1v) is 14.3. The van der Waals surface area contributed by atoms with Crippen molar-refractivity contribution in [3.63, 3.8) is 0 Å². The van der Waals surface area contributed by atoms with Gasteiger partial charge in [0.1, 0.15) is 0 Å². The molecule has 0 bridgehead atoms. The van der Waals surface area contributed by atoms with Crippen LogP contribution in [0.4, 0.5) is 0 Å². The Hall–Kier alpha value is -1.36. The van der Waals surface area contributed by atoms with E-state index >= 15 is 0 Å². The standard InChI is InChI=1S/C31H48O5/c1-17(2)18-11-14-31(26(34)35)16-15-28(5)19(22(18)31)9-10-21-29(28,6)13-12-20-27(3,4)24(32)23(25(33)36-8)30(20,21)7/h18-24,32H,1,9-16H2,2-8H3,(H,34,35)/t18-,19+,20-,21-,22+,23-,24-,28+,29+,30-,31-/m0/s1. The first kappa shape index (κ1) is 26.3. The van der Waals surface area contributed by atoms with Crippen molar-refractivity contribution >= 4 is 11.9 Å². The summed E-state index contributed by atoms with van der Waals surface area (Å²) < 4.78 is 5.32. The summed E-state index contributed by atoms with van der Waals surface area (Å²) in [6.45, 7) is 17.9. The largest absolute Gasteiger partial charge is 0.481 e. The van der Waals surface area contributed by atoms with Gasteiger partial charge in [0, 0.05) is 0 Å². The maximum atomic E-state index is 13.2. The molecule has 0 unspecified atom stereocenters. The molecule has 5 heteroatoms. The van der Waals surface area contributed by atoms with Gasteiger partial charge in [0.15, 0.2) is 0 Å². The van der Waals surface area contributed by atoms with Gasteiger partial charge in [-0.3, -0.25) is 9.59 Å². The van der Waals surface area contributed by atoms with E-state index in [2.05, 4.69) is 48.1 Å². The topological polar surface area (TPSA) is 83.8 Å². The van der Waals surface area contributed by atoms with Gasteiger partial charge in [-0.2, -0.15) is 0 Å². The minimum Gasteiger partial charge on any atom is -0.481 e. The SMILES string of the molecule is C=C(C)[C@@H]1CC[C@]2(C(=O)O)CC[C@]3(C)[C@H](CC[C@@H]4[C@@]5(C)[C@H](C(=O)OC)[C@H](O)C(C)(C)[C@@H]5CC[C@]43C)[C@@H]12. The molecular weight excluding hydrogens is 452 g/mol. The lowest BCUT2D eigenvalue weighted by Crippen LogP contribution is -2.65. The maximum Gasteiger partial charge on any atom is 0.311 e. The predicted molar refractivity (Wildman–Crippen MR) is 139 cm³/mol. The van der Waals surface area contributed by atoms with Crippen LogP contribution in [0.15, 0.2) is 12.2 Å². The summed E-state index contributed by atoms with van der Waals surface area (Å²) in [7, 11) is 1.45. The second-order valence-electron chi connectivity index (χ2n) is 14.8. The molecule has 5 fully saturated rings. The van der Waals surface area contributed by atoms with Crippen LogP contribution in [-0.4, -0.2) is 35.4 Å². The summed E-state index contributed by atoms with van der Waals surface area (Å²) >= 11 is 0. The van der Waals surface area contributed by atoms with Crippen molar-refractivity contribution in [2.75, 3.05) is 7.11 Å². The number of allylic oxidation sites excluding steroid dienone is 1. The molecule has 0 amide bonds. The second-order valence-corrected chi connectivity index (χ2v) is 14.8. The third-order valence-electron chi connectivity index (χ3n) is 13.8. The van der Waals surface area contributed by atoms with Crippen LogP contribution in [0.1, 0.15) is 92.9 Å². The van der Waals surface area contributed by atoms with E-state index < -0.39 is 23.4 Å². The average molecular weight is 501 g/mol. The fraction of sp³-hybridized carbons (Fsp3) is 0.871. The number of rotatable bonds is 3. The van der Waals surface area contributed by atoms with Crippen LogP contribution in [0.2, 0.25) is 0 Å². The van der Waals surface area contributed by atoms with Crippen molar-refractivity contribution in [2.24, 2.45) is 62.6 Å². The number of aliphatic hydroxyl groups is 1. The molecule has 0 saturated heterocycles. The van der Waals surface area contributed by atoms with Crippen molar-refractivity contribution < 1.29 is 24.5 Å². The Bertz CT molecular complexity index is 985. The number of fused-ring (bicyclic) bond motifs is 7. The molecule has 0 aromatic rings. The third kappa shape index (κ3) is 2.82. The molecule has 0 heterocycles. The number of ether oxygens (including phenoxy) is 1. The Labute approximate surface area is 217 Å². The fourth-order valence-electron chi connectivity index (χ4n) is 11.9. The number of esters is 1. The van der Waals surface area contributed by atoms with Crippen LogP contribution in [0.3, 0.4) is 0 Å². The highest BCUT2D eigenvalue weighted by molar-refractivity contribution is 5.76. The average Bonchev–Trinajstić information content (AvgIpc) is 3.27. The van der Waals surface area contributed by atoms with Crippen molar-refractivity contribution in [1.29, 1.82) is 0 Å². The Morgan fingerprint density at radius 3 is 2.14 bits per heavy atom. The minimum atomic E-state index is -0.721. The van der Waals surface area contributed by atoms with Crippen molar-refractivity contribution in [3.8, 4) is 0 Å². The number of aliphatic carboxylic acids is 1. The van der Waals surface area contributed by atoms with Crippen LogP contribution >= 0.6 is 0 Å². The zero-order valence-corrected chi connectivity index (χ0v) is 23.5. The van der Waals surface area contributed by atoms with E-state index in [4.69, 9.17) is 4.74 Å². The first-order chi connectivity index (χ1) is 16.6. The number of hydrogen-bond acceptors (Lipinski definition) is 4. The highest BCUT2D eigenvalue weighted by Crippen LogP contribution is 2.79. The second kappa shape index (κ2) is 7.83. The molecular formula is C31H48O5. The lowest BCUT2D eigenvalue weighted by atomic mass is 9.34. The lowest BCUT2D eigenvalue weighted by molar-refractivity contribution is -0.228. The van der Waals surface area contributed by atoms with Crippen LogP contribution in [0, 0.1) is 62.6 Å². The van der Waals surface area contributed by atoms with Crippen LogP contribution in [0.25, 0.3) is 0 Å². The summed E-state index contributed by atoms with van der Waals surface area (Å²) in [5, 5.41) is 22.1. The molecule has 5 aliphatic carbocycles. The third-order valence-corrected chi connectivity index (χ3v) is 13.8. The summed E-state index contributed by atoms with van der Waals surface area (Å²) in [5.41, 5.74) is -0.222. The van der Waals surface area contributed by atoms with E-state index in [1.807, 2.05) is 0 Å². The van der Waals surface area contributed by atoms with Gasteiger partial charge in [0.2, 0.25) is 0 Å². The molecule has 0 spiro atoms. The number of hydrogen-bond donors (Lipinski definition) is 2. The smallest absolute Gasteiger partial charge is 0.311 e. The molecule has 0 aliphatic heterocycles. The van der Waals surface area contributed by atoms with Crippen LogP contribution in [-0.2, 0) is 14.3 Å². The summed E-state index contributed by atoms with van der Waals surface area (Å²) in [6.07, 6.45) is 6.67. The lowest BCUT2D eigenvalue weighted by Gasteiger charge is -2.70. The molecule has 202 valence electrons.